The van der Waals surface area contributed by atoms with Gasteiger partial charge in [-0.3, -0.25) is 14.5 Å². The molecule has 0 atom stereocenters. The number of rotatable bonds is 11. The number of nitrogen functional groups attached to an aromatic ring is 1. The third-order valence-corrected chi connectivity index (χ3v) is 8.37. The second kappa shape index (κ2) is 14.0. The predicted molar refractivity (Wildman–Crippen MR) is 177 cm³/mol. The minimum atomic E-state index is -0.527. The van der Waals surface area contributed by atoms with Crippen LogP contribution in [0.4, 0.5) is 17.7 Å². The van der Waals surface area contributed by atoms with Gasteiger partial charge in [0.05, 0.1) is 44.5 Å². The molecule has 13 heteroatoms. The van der Waals surface area contributed by atoms with Gasteiger partial charge in [-0.05, 0) is 41.8 Å². The van der Waals surface area contributed by atoms with Gasteiger partial charge in [0, 0.05) is 56.4 Å². The minimum absolute atomic E-state index is 0.00256. The van der Waals surface area contributed by atoms with E-state index in [4.69, 9.17) is 45.6 Å². The lowest BCUT2D eigenvalue weighted by atomic mass is 9.95. The fourth-order valence-corrected chi connectivity index (χ4v) is 5.95. The van der Waals surface area contributed by atoms with Crippen molar-refractivity contribution in [3.05, 3.63) is 76.6 Å². The number of fused-ring (bicyclic) bond motifs is 1. The highest BCUT2D eigenvalue weighted by Gasteiger charge is 2.33. The van der Waals surface area contributed by atoms with Crippen LogP contribution in [0.2, 0.25) is 0 Å². The van der Waals surface area contributed by atoms with Crippen LogP contribution in [-0.2, 0) is 33.6 Å². The number of aromatic nitrogens is 4. The number of methoxy groups -OCH3 is 2. The van der Waals surface area contributed by atoms with Crippen molar-refractivity contribution in [2.24, 2.45) is 5.73 Å². The number of nitrogens with zero attached hydrogens (tertiary/aromatic N) is 6. The monoisotopic (exact) mass is 638 g/mol. The molecule has 13 nitrogen and oxygen atoms in total. The maximum Gasteiger partial charge on any atom is 0.228 e. The van der Waals surface area contributed by atoms with E-state index in [2.05, 4.69) is 4.90 Å². The highest BCUT2D eigenvalue weighted by molar-refractivity contribution is 5.97. The molecule has 4 aromatic rings. The number of carbonyl (C=O) groups is 2. The Morgan fingerprint density at radius 3 is 1.91 bits per heavy atom. The Kier molecular flexibility index (Phi) is 9.43. The first-order valence-electron chi connectivity index (χ1n) is 15.6. The molecule has 6 rings (SSSR count). The number of benzene rings is 2. The van der Waals surface area contributed by atoms with E-state index >= 15 is 0 Å². The van der Waals surface area contributed by atoms with Gasteiger partial charge in [0.2, 0.25) is 23.7 Å². The average Bonchev–Trinajstić information content (AvgIpc) is 3.52. The van der Waals surface area contributed by atoms with Crippen LogP contribution in [-0.4, -0.2) is 78.8 Å². The normalized spacial score (nSPS) is 14.2. The molecule has 1 fully saturated rings. The number of primary amides is 1. The first-order chi connectivity index (χ1) is 22.8. The minimum Gasteiger partial charge on any atom is -0.497 e. The zero-order valence-corrected chi connectivity index (χ0v) is 26.6. The molecule has 0 unspecified atom stereocenters. The number of amides is 2. The molecule has 2 aromatic heterocycles. The summed E-state index contributed by atoms with van der Waals surface area (Å²) in [6, 6.07) is 15.6. The van der Waals surface area contributed by atoms with E-state index in [9.17, 15) is 9.59 Å². The second-order valence-corrected chi connectivity index (χ2v) is 11.4. The highest BCUT2D eigenvalue weighted by Crippen LogP contribution is 2.39. The summed E-state index contributed by atoms with van der Waals surface area (Å²) in [6.07, 6.45) is 1.38. The maximum absolute atomic E-state index is 13.4. The van der Waals surface area contributed by atoms with E-state index in [-0.39, 0.29) is 24.7 Å². The second-order valence-electron chi connectivity index (χ2n) is 11.4. The van der Waals surface area contributed by atoms with Crippen LogP contribution in [0.5, 0.6) is 11.5 Å². The van der Waals surface area contributed by atoms with Crippen LogP contribution in [0.3, 0.4) is 0 Å². The Hall–Kier alpha value is -5.30. The summed E-state index contributed by atoms with van der Waals surface area (Å²) in [5.74, 6) is 1.92. The molecule has 4 heterocycles. The molecule has 47 heavy (non-hydrogen) atoms. The summed E-state index contributed by atoms with van der Waals surface area (Å²) in [6.45, 7) is 2.67. The van der Waals surface area contributed by atoms with Gasteiger partial charge in [0.1, 0.15) is 17.3 Å². The fraction of sp³-hybridized carbons (Fsp3) is 0.353. The quantitative estimate of drug-likeness (QED) is 0.247. The molecule has 244 valence electrons. The summed E-state index contributed by atoms with van der Waals surface area (Å²) < 4.78 is 16.3. The number of anilines is 3. The molecule has 1 saturated heterocycles. The Bertz CT molecular complexity index is 1690. The molecule has 2 aromatic carbocycles. The Morgan fingerprint density at radius 2 is 1.38 bits per heavy atom. The molecule has 2 amide bonds. The first-order valence-corrected chi connectivity index (χ1v) is 15.6. The number of hydrogen-bond donors (Lipinski definition) is 2. The van der Waals surface area contributed by atoms with Crippen molar-refractivity contribution in [1.29, 1.82) is 0 Å². The van der Waals surface area contributed by atoms with Crippen molar-refractivity contribution in [2.45, 2.75) is 32.1 Å². The number of carbonyl (C=O) groups excluding carboxylic acids is 2. The zero-order chi connectivity index (χ0) is 32.9. The molecular formula is C34H38N8O5. The van der Waals surface area contributed by atoms with E-state index in [0.29, 0.717) is 81.0 Å². The molecular weight excluding hydrogens is 600 g/mol. The Balaban J connectivity index is 1.53. The van der Waals surface area contributed by atoms with E-state index in [1.807, 2.05) is 48.5 Å². The van der Waals surface area contributed by atoms with Gasteiger partial charge >= 0.3 is 0 Å². The molecule has 2 aliphatic rings. The van der Waals surface area contributed by atoms with Crippen molar-refractivity contribution >= 4 is 29.5 Å². The lowest BCUT2D eigenvalue weighted by Gasteiger charge is -2.28. The lowest BCUT2D eigenvalue weighted by Crippen LogP contribution is -2.38. The number of ether oxygens (including phenoxy) is 3. The van der Waals surface area contributed by atoms with E-state index in [0.717, 1.165) is 33.8 Å². The van der Waals surface area contributed by atoms with E-state index in [1.54, 1.807) is 19.1 Å². The van der Waals surface area contributed by atoms with Crippen LogP contribution in [0.1, 0.15) is 40.9 Å². The van der Waals surface area contributed by atoms with Crippen LogP contribution in [0, 0.1) is 0 Å². The number of hydrogen-bond acceptors (Lipinski definition) is 11. The summed E-state index contributed by atoms with van der Waals surface area (Å²) in [5, 5.41) is 0. The average molecular weight is 639 g/mol. The molecule has 2 aliphatic heterocycles. The van der Waals surface area contributed by atoms with E-state index < -0.39 is 5.91 Å². The SMILES string of the molecule is COc1ccc(Cc2nc(N)nc(Cc3ccc(OC)cc3)c2-c2nc(N3CCOCC3)nc3c2CCN3C(=O)CCC(N)=O)cc1. The first kappa shape index (κ1) is 31.7. The predicted octanol–water partition coefficient (Wildman–Crippen LogP) is 2.71. The fourth-order valence-electron chi connectivity index (χ4n) is 5.95. The Morgan fingerprint density at radius 1 is 0.809 bits per heavy atom. The molecule has 0 radical (unpaired) electrons. The molecule has 4 N–H and O–H groups in total. The van der Waals surface area contributed by atoms with Crippen molar-refractivity contribution in [2.75, 3.05) is 62.6 Å². The van der Waals surface area contributed by atoms with Crippen LogP contribution >= 0.6 is 0 Å². The number of nitrogens with two attached hydrogens (primary N) is 2. The van der Waals surface area contributed by atoms with Gasteiger partial charge in [-0.2, -0.15) is 4.98 Å². The third kappa shape index (κ3) is 7.09. The maximum atomic E-state index is 13.4. The van der Waals surface area contributed by atoms with E-state index in [1.165, 1.54) is 0 Å². The summed E-state index contributed by atoms with van der Waals surface area (Å²) in [7, 11) is 3.26. The van der Waals surface area contributed by atoms with Crippen LogP contribution in [0.25, 0.3) is 11.3 Å². The summed E-state index contributed by atoms with van der Waals surface area (Å²) in [5.41, 5.74) is 17.4. The smallest absolute Gasteiger partial charge is 0.228 e. The molecule has 0 spiro atoms. The van der Waals surface area contributed by atoms with Gasteiger partial charge in [-0.1, -0.05) is 24.3 Å². The van der Waals surface area contributed by atoms with Gasteiger partial charge in [-0.15, -0.1) is 0 Å². The summed E-state index contributed by atoms with van der Waals surface area (Å²) >= 11 is 0. The van der Waals surface area contributed by atoms with Crippen molar-refractivity contribution in [3.63, 3.8) is 0 Å². The molecule has 0 aliphatic carbocycles. The Labute approximate surface area is 272 Å². The van der Waals surface area contributed by atoms with Gasteiger partial charge in [0.15, 0.2) is 0 Å². The zero-order valence-electron chi connectivity index (χ0n) is 26.6. The van der Waals surface area contributed by atoms with Crippen molar-refractivity contribution in [1.82, 2.24) is 19.9 Å². The molecule has 0 saturated carbocycles. The number of morpholine rings is 1. The van der Waals surface area contributed by atoms with Gasteiger partial charge < -0.3 is 30.6 Å². The van der Waals surface area contributed by atoms with Gasteiger partial charge in [0.25, 0.3) is 0 Å². The third-order valence-electron chi connectivity index (χ3n) is 8.37. The van der Waals surface area contributed by atoms with Gasteiger partial charge in [-0.25, -0.2) is 15.0 Å². The topological polar surface area (TPSA) is 172 Å². The van der Waals surface area contributed by atoms with Crippen molar-refractivity contribution in [3.8, 4) is 22.8 Å². The van der Waals surface area contributed by atoms with Crippen LogP contribution in [0.15, 0.2) is 48.5 Å². The van der Waals surface area contributed by atoms with Crippen molar-refractivity contribution < 1.29 is 23.8 Å². The van der Waals surface area contributed by atoms with Crippen LogP contribution < -0.4 is 30.7 Å². The largest absolute Gasteiger partial charge is 0.497 e. The summed E-state index contributed by atoms with van der Waals surface area (Å²) in [4.78, 5) is 48.2. The highest BCUT2D eigenvalue weighted by atomic mass is 16.5. The lowest BCUT2D eigenvalue weighted by molar-refractivity contribution is -0.123. The standard InChI is InChI=1S/C34H38N8O5/c1-45-23-7-3-21(4-8-23)19-26-30(27(38-33(36)37-26)20-22-5-9-24(46-2)10-6-22)31-25-13-14-42(29(44)12-11-28(35)43)32(25)40-34(39-31)41-15-17-47-18-16-41/h3-10H,11-20H2,1-2H3,(H2,35,43)(H2,36,37,38). The molecule has 0 bridgehead atoms.